The quantitative estimate of drug-likeness (QED) is 0.255. The summed E-state index contributed by atoms with van der Waals surface area (Å²) in [5.41, 5.74) is 6.48. The van der Waals surface area contributed by atoms with Gasteiger partial charge in [0.2, 0.25) is 0 Å². The molecular formula is C30H41EuN7S. The van der Waals surface area contributed by atoms with Crippen LogP contribution < -0.4 is 0 Å². The van der Waals surface area contributed by atoms with E-state index in [9.17, 15) is 0 Å². The third kappa shape index (κ3) is 9.91. The number of hydrogen-bond acceptors (Lipinski definition) is 6. The molecule has 5 unspecified atom stereocenters. The molecule has 7 nitrogen and oxygen atoms in total. The standard InChI is InChI=1S/C30H41N7S.Eu/c1-20-27-7-5-9-29(36-27)22(3)33-18-26(17-24-11-13-25(14-12-24)34-19-38)35-23(4)30-10-6-8-28(37-30)21(2)32-16-15-31-20;/h11-14,26-30H,5-10,15-18H2,1-4H3;/q-2;+2. The molecule has 2 saturated heterocycles. The van der Waals surface area contributed by atoms with Gasteiger partial charge in [-0.2, -0.15) is 4.99 Å². The third-order valence-corrected chi connectivity index (χ3v) is 7.99. The fraction of sp³-hybridized carbons (Fsp3) is 0.633. The minimum Gasteiger partial charge on any atom is -0.647 e. The van der Waals surface area contributed by atoms with Gasteiger partial charge in [-0.05, 0) is 86.9 Å². The number of hydrogen-bond donors (Lipinski definition) is 0. The number of isothiocyanates is 1. The third-order valence-electron chi connectivity index (χ3n) is 7.90. The van der Waals surface area contributed by atoms with Crippen molar-refractivity contribution in [2.24, 2.45) is 25.0 Å². The summed E-state index contributed by atoms with van der Waals surface area (Å²) in [6.07, 6.45) is 7.33. The first-order valence-electron chi connectivity index (χ1n) is 14.1. The van der Waals surface area contributed by atoms with Gasteiger partial charge in [-0.15, -0.1) is 0 Å². The molecule has 0 N–H and O–H groups in total. The van der Waals surface area contributed by atoms with E-state index in [0.29, 0.717) is 19.6 Å². The van der Waals surface area contributed by atoms with Crippen LogP contribution in [0.15, 0.2) is 49.2 Å². The van der Waals surface area contributed by atoms with Crippen molar-refractivity contribution in [1.82, 2.24) is 0 Å². The van der Waals surface area contributed by atoms with Crippen molar-refractivity contribution in [3.63, 3.8) is 0 Å². The van der Waals surface area contributed by atoms with E-state index in [-0.39, 0.29) is 79.6 Å². The van der Waals surface area contributed by atoms with E-state index in [0.717, 1.165) is 73.5 Å². The second-order valence-corrected chi connectivity index (χ2v) is 10.9. The minimum absolute atomic E-state index is 0. The van der Waals surface area contributed by atoms with Crippen molar-refractivity contribution in [1.29, 1.82) is 0 Å². The van der Waals surface area contributed by atoms with E-state index in [2.05, 4.69) is 50.0 Å². The summed E-state index contributed by atoms with van der Waals surface area (Å²) in [7, 11) is 0. The van der Waals surface area contributed by atoms with Crippen LogP contribution in [0.5, 0.6) is 0 Å². The molecular weight excluding hydrogens is 642 g/mol. The number of nitrogens with zero attached hydrogens (tertiary/aromatic N) is 7. The molecule has 3 heterocycles. The topological polar surface area (TPSA) is 90.0 Å². The molecule has 4 rings (SSSR count). The van der Waals surface area contributed by atoms with Gasteiger partial charge in [-0.1, -0.05) is 74.8 Å². The maximum absolute atomic E-state index is 5.24. The minimum atomic E-state index is 0. The predicted octanol–water partition coefficient (Wildman–Crippen LogP) is 6.78. The van der Waals surface area contributed by atoms with Gasteiger partial charge in [-0.25, -0.2) is 0 Å². The molecule has 4 bridgehead atoms. The molecule has 2 fully saturated rings. The Bertz CT molecular complexity index is 1120. The summed E-state index contributed by atoms with van der Waals surface area (Å²) in [4.78, 5) is 24.1. The molecule has 3 aliphatic heterocycles. The van der Waals surface area contributed by atoms with Crippen LogP contribution in [-0.2, 0) is 6.42 Å². The van der Waals surface area contributed by atoms with Gasteiger partial charge in [-0.3, -0.25) is 20.0 Å². The first-order valence-corrected chi connectivity index (χ1v) is 14.5. The number of rotatable bonds is 3. The van der Waals surface area contributed by atoms with Gasteiger partial charge in [0.25, 0.3) is 0 Å². The normalized spacial score (nSPS) is 28.7. The summed E-state index contributed by atoms with van der Waals surface area (Å²) >= 11 is 4.74. The Morgan fingerprint density at radius 3 is 1.77 bits per heavy atom. The molecule has 209 valence electrons. The Balaban J connectivity index is 0.00000420. The summed E-state index contributed by atoms with van der Waals surface area (Å²) in [5.74, 6) is 0. The van der Waals surface area contributed by atoms with Crippen LogP contribution in [0.1, 0.15) is 71.8 Å². The van der Waals surface area contributed by atoms with E-state index >= 15 is 0 Å². The molecule has 0 saturated carbocycles. The number of benzene rings is 1. The smallest absolute Gasteiger partial charge is 0.647 e. The summed E-state index contributed by atoms with van der Waals surface area (Å²) in [6, 6.07) is 8.85. The molecule has 5 atom stereocenters. The van der Waals surface area contributed by atoms with Crippen LogP contribution in [0.3, 0.4) is 0 Å². The monoisotopic (exact) mass is 684 g/mol. The fourth-order valence-electron chi connectivity index (χ4n) is 5.58. The molecule has 1 radical (unpaired) electrons. The Labute approximate surface area is 280 Å². The van der Waals surface area contributed by atoms with Crippen LogP contribution in [-0.4, -0.2) is 77.9 Å². The molecule has 0 amide bonds. The molecule has 1 aromatic rings. The van der Waals surface area contributed by atoms with Crippen LogP contribution in [0.4, 0.5) is 5.69 Å². The predicted molar refractivity (Wildman–Crippen MR) is 165 cm³/mol. The molecule has 3 aliphatic rings. The summed E-state index contributed by atoms with van der Waals surface area (Å²) < 4.78 is 0. The van der Waals surface area contributed by atoms with Crippen molar-refractivity contribution in [2.75, 3.05) is 19.6 Å². The molecule has 9 heteroatoms. The van der Waals surface area contributed by atoms with E-state index < -0.39 is 0 Å². The zero-order valence-corrected chi connectivity index (χ0v) is 26.9. The second-order valence-electron chi connectivity index (χ2n) is 10.7. The van der Waals surface area contributed by atoms with Gasteiger partial charge in [0.15, 0.2) is 0 Å². The Morgan fingerprint density at radius 2 is 1.26 bits per heavy atom. The first kappa shape index (κ1) is 32.7. The summed E-state index contributed by atoms with van der Waals surface area (Å²) in [6.45, 7) is 10.6. The van der Waals surface area contributed by atoms with Crippen molar-refractivity contribution in [3.8, 4) is 0 Å². The maximum Gasteiger partial charge on any atom is 2.00 e. The van der Waals surface area contributed by atoms with E-state index in [1.54, 1.807) is 0 Å². The van der Waals surface area contributed by atoms with Crippen LogP contribution >= 0.6 is 12.2 Å². The van der Waals surface area contributed by atoms with Gasteiger partial charge in [0.05, 0.1) is 36.5 Å². The average molecular weight is 684 g/mol. The van der Waals surface area contributed by atoms with E-state index in [1.807, 2.05) is 12.1 Å². The molecule has 0 aromatic heterocycles. The van der Waals surface area contributed by atoms with Gasteiger partial charge in [0, 0.05) is 0 Å². The Kier molecular flexibility index (Phi) is 13.9. The Hall–Kier alpha value is -0.796. The van der Waals surface area contributed by atoms with Gasteiger partial charge in [0.1, 0.15) is 0 Å². The van der Waals surface area contributed by atoms with Crippen LogP contribution in [0.2, 0.25) is 0 Å². The van der Waals surface area contributed by atoms with Crippen molar-refractivity contribution < 1.29 is 49.4 Å². The van der Waals surface area contributed by atoms with Crippen molar-refractivity contribution in [2.45, 2.75) is 103 Å². The molecule has 0 spiro atoms. The maximum atomic E-state index is 5.24. The number of fused-ring (bicyclic) bond motifs is 4. The van der Waals surface area contributed by atoms with Crippen LogP contribution in [0.25, 0.3) is 10.6 Å². The van der Waals surface area contributed by atoms with E-state index in [1.165, 1.54) is 5.56 Å². The number of thiocarbonyl (C=S) groups is 1. The van der Waals surface area contributed by atoms with Crippen molar-refractivity contribution >= 4 is 45.9 Å². The largest absolute Gasteiger partial charge is 2.00 e. The SMILES string of the molecule is CC1=NCCN=C(C)C2CCCC([N-]2)C(C)=NC(Cc2ccc(N=C=S)cc2)CN=C(C)C2CCCC1[N-]2.[Eu+2]. The zero-order chi connectivity index (χ0) is 26.9. The first-order chi connectivity index (χ1) is 18.4. The average Bonchev–Trinajstić information content (AvgIpc) is 2.94. The van der Waals surface area contributed by atoms with E-state index in [4.69, 9.17) is 42.8 Å². The fourth-order valence-corrected chi connectivity index (χ4v) is 5.69. The summed E-state index contributed by atoms with van der Waals surface area (Å²) in [5, 5.41) is 12.8. The number of piperidine rings is 2. The zero-order valence-electron chi connectivity index (χ0n) is 23.7. The number of aliphatic imine (C=N–C) groups is 5. The molecule has 39 heavy (non-hydrogen) atoms. The molecule has 1 aromatic carbocycles. The Morgan fingerprint density at radius 1 is 0.769 bits per heavy atom. The van der Waals surface area contributed by atoms with Crippen molar-refractivity contribution in [3.05, 3.63) is 40.5 Å². The second kappa shape index (κ2) is 16.6. The van der Waals surface area contributed by atoms with Gasteiger partial charge >= 0.3 is 49.4 Å². The van der Waals surface area contributed by atoms with Gasteiger partial charge < -0.3 is 10.6 Å². The molecule has 0 aliphatic carbocycles. The van der Waals surface area contributed by atoms with Crippen LogP contribution in [0, 0.1) is 49.4 Å².